The van der Waals surface area contributed by atoms with Crippen LogP contribution in [0.25, 0.3) is 0 Å². The third-order valence-electron chi connectivity index (χ3n) is 1.61. The Morgan fingerprint density at radius 2 is 1.04 bits per heavy atom. The number of carboxylic acid groups (broad SMARTS) is 1. The quantitative estimate of drug-likeness (QED) is 0.381. The molecule has 26 heavy (non-hydrogen) atoms. The van der Waals surface area contributed by atoms with Gasteiger partial charge in [-0.25, -0.2) is 0 Å². The number of hydrogen-bond acceptors (Lipinski definition) is 7. The maximum absolute atomic E-state index is 11.9. The Morgan fingerprint density at radius 1 is 0.808 bits per heavy atom. The van der Waals surface area contributed by atoms with Crippen molar-refractivity contribution in [2.45, 2.75) is 60.1 Å². The van der Waals surface area contributed by atoms with Crippen molar-refractivity contribution >= 4 is 37.8 Å². The molecule has 0 unspecified atom stereocenters. The van der Waals surface area contributed by atoms with E-state index in [2.05, 4.69) is 0 Å². The molecule has 8 nitrogen and oxygen atoms in total. The molecular weight excluding hydrogens is 414 g/mol. The summed E-state index contributed by atoms with van der Waals surface area (Å²) >= 11 is 0. The zero-order valence-corrected chi connectivity index (χ0v) is 21.9. The third kappa shape index (κ3) is 31.9. The average Bonchev–Trinajstić information content (AvgIpc) is 2.20. The van der Waals surface area contributed by atoms with Gasteiger partial charge in [0.15, 0.2) is 16.6 Å². The summed E-state index contributed by atoms with van der Waals surface area (Å²) in [5, 5.41) is 7.42. The van der Waals surface area contributed by atoms with E-state index in [1.165, 1.54) is 6.66 Å². The standard InChI is InChI=1S/C7H21O3PSi2.C5H13O3P.C2H4O2/c1-11(8,9-12(2,3)4)10-13(5,6)7;1-4-7-9(3,6)8-5-2;1-2(3)4/h1-7H3;4-5H2,1-3H3;1H3,(H,3,4). The van der Waals surface area contributed by atoms with Gasteiger partial charge in [-0.2, -0.15) is 0 Å². The molecule has 0 amide bonds. The molecule has 0 bridgehead atoms. The maximum atomic E-state index is 11.9. The van der Waals surface area contributed by atoms with Crippen molar-refractivity contribution in [3.63, 3.8) is 0 Å². The fourth-order valence-electron chi connectivity index (χ4n) is 1.52. The van der Waals surface area contributed by atoms with E-state index in [0.29, 0.717) is 13.2 Å². The van der Waals surface area contributed by atoms with Crippen molar-refractivity contribution in [3.05, 3.63) is 0 Å². The van der Waals surface area contributed by atoms with E-state index in [0.717, 1.165) is 6.92 Å². The van der Waals surface area contributed by atoms with Crippen LogP contribution in [0.5, 0.6) is 0 Å². The number of carbonyl (C=O) groups is 1. The first kappa shape index (κ1) is 30.9. The van der Waals surface area contributed by atoms with Crippen LogP contribution in [-0.2, 0) is 31.4 Å². The van der Waals surface area contributed by atoms with Gasteiger partial charge in [-0.1, -0.05) is 0 Å². The first-order valence-corrected chi connectivity index (χ1v) is 19.1. The fraction of sp³-hybridized carbons (Fsp3) is 0.929. The lowest BCUT2D eigenvalue weighted by molar-refractivity contribution is -0.134. The number of rotatable bonds is 8. The van der Waals surface area contributed by atoms with Crippen LogP contribution in [0.15, 0.2) is 0 Å². The van der Waals surface area contributed by atoms with Gasteiger partial charge in [0.05, 0.1) is 13.2 Å². The van der Waals surface area contributed by atoms with Crippen molar-refractivity contribution in [2.24, 2.45) is 0 Å². The summed E-state index contributed by atoms with van der Waals surface area (Å²) < 4.78 is 43.5. The van der Waals surface area contributed by atoms with Gasteiger partial charge in [-0.3, -0.25) is 13.9 Å². The first-order chi connectivity index (χ1) is 11.3. The summed E-state index contributed by atoms with van der Waals surface area (Å²) in [6, 6.07) is 0. The highest BCUT2D eigenvalue weighted by Crippen LogP contribution is 2.49. The van der Waals surface area contributed by atoms with E-state index in [1.807, 2.05) is 39.3 Å². The van der Waals surface area contributed by atoms with Crippen molar-refractivity contribution in [1.82, 2.24) is 0 Å². The summed E-state index contributed by atoms with van der Waals surface area (Å²) in [5.74, 6) is -0.833. The Hall–Kier alpha value is 0.204. The Balaban J connectivity index is -0.000000352. The zero-order valence-electron chi connectivity index (χ0n) is 18.1. The molecule has 0 aromatic carbocycles. The fourth-order valence-corrected chi connectivity index (χ4v) is 11.0. The monoisotopic (exact) mass is 452 g/mol. The van der Waals surface area contributed by atoms with Gasteiger partial charge < -0.3 is 22.6 Å². The highest BCUT2D eigenvalue weighted by molar-refractivity contribution is 7.56. The lowest BCUT2D eigenvalue weighted by Gasteiger charge is -2.28. The van der Waals surface area contributed by atoms with Crippen molar-refractivity contribution in [3.8, 4) is 0 Å². The van der Waals surface area contributed by atoms with Crippen molar-refractivity contribution < 1.29 is 36.5 Å². The average molecular weight is 453 g/mol. The molecule has 0 atom stereocenters. The van der Waals surface area contributed by atoms with Crippen LogP contribution in [0.1, 0.15) is 20.8 Å². The summed E-state index contributed by atoms with van der Waals surface area (Å²) in [4.78, 5) is 9.00. The van der Waals surface area contributed by atoms with E-state index >= 15 is 0 Å². The largest absolute Gasteiger partial charge is 0.481 e. The molecule has 0 aliphatic carbocycles. The summed E-state index contributed by atoms with van der Waals surface area (Å²) in [6.45, 7) is 20.6. The van der Waals surface area contributed by atoms with Crippen molar-refractivity contribution in [1.29, 1.82) is 0 Å². The second-order valence-corrected chi connectivity index (χ2v) is 20.8. The lowest BCUT2D eigenvalue weighted by Crippen LogP contribution is -2.29. The Morgan fingerprint density at radius 3 is 1.19 bits per heavy atom. The molecule has 0 rings (SSSR count). The molecule has 0 aromatic rings. The van der Waals surface area contributed by atoms with Crippen LogP contribution in [0.4, 0.5) is 0 Å². The number of hydrogen-bond donors (Lipinski definition) is 1. The second kappa shape index (κ2) is 13.4. The van der Waals surface area contributed by atoms with Gasteiger partial charge in [0.25, 0.3) is 5.97 Å². The molecule has 0 radical (unpaired) electrons. The van der Waals surface area contributed by atoms with Gasteiger partial charge in [0, 0.05) is 20.3 Å². The summed E-state index contributed by atoms with van der Waals surface area (Å²) in [7, 11) is -9.02. The maximum Gasteiger partial charge on any atom is 0.327 e. The lowest BCUT2D eigenvalue weighted by atomic mass is 10.9. The van der Waals surface area contributed by atoms with Crippen LogP contribution in [0.3, 0.4) is 0 Å². The zero-order chi connectivity index (χ0) is 21.8. The highest BCUT2D eigenvalue weighted by atomic mass is 31.2. The van der Waals surface area contributed by atoms with Crippen LogP contribution >= 0.6 is 15.2 Å². The topological polar surface area (TPSA) is 108 Å². The molecule has 160 valence electrons. The predicted octanol–water partition coefficient (Wildman–Crippen LogP) is 5.49. The van der Waals surface area contributed by atoms with E-state index in [9.17, 15) is 9.13 Å². The molecule has 0 spiro atoms. The molecule has 0 aliphatic rings. The minimum Gasteiger partial charge on any atom is -0.481 e. The normalized spacial score (nSPS) is 12.4. The Bertz CT molecular complexity index is 452. The van der Waals surface area contributed by atoms with Crippen LogP contribution in [-0.4, -0.2) is 54.3 Å². The second-order valence-electron chi connectivity index (χ2n) is 7.30. The van der Waals surface area contributed by atoms with Gasteiger partial charge in [0.2, 0.25) is 0 Å². The molecule has 1 N–H and O–H groups in total. The molecular formula is C14H38O8P2Si2. The first-order valence-electron chi connectivity index (χ1n) is 8.32. The van der Waals surface area contributed by atoms with Crippen molar-refractivity contribution in [2.75, 3.05) is 26.5 Å². The molecule has 0 aliphatic heterocycles. The molecule has 12 heteroatoms. The molecule has 0 heterocycles. The minimum absolute atomic E-state index is 0.438. The van der Waals surface area contributed by atoms with E-state index in [1.54, 1.807) is 20.5 Å². The predicted molar refractivity (Wildman–Crippen MR) is 112 cm³/mol. The Kier molecular flexibility index (Phi) is 15.9. The number of aliphatic carboxylic acids is 1. The molecule has 0 fully saturated rings. The number of carboxylic acids is 1. The van der Waals surface area contributed by atoms with Crippen LogP contribution < -0.4 is 0 Å². The van der Waals surface area contributed by atoms with E-state index in [-0.39, 0.29) is 0 Å². The van der Waals surface area contributed by atoms with Crippen LogP contribution in [0.2, 0.25) is 39.3 Å². The van der Waals surface area contributed by atoms with E-state index in [4.69, 9.17) is 27.4 Å². The molecule has 0 aromatic heterocycles. The summed E-state index contributed by atoms with van der Waals surface area (Å²) in [5.41, 5.74) is 0. The molecule has 0 saturated carbocycles. The van der Waals surface area contributed by atoms with Gasteiger partial charge in [0.1, 0.15) is 0 Å². The minimum atomic E-state index is -2.81. The van der Waals surface area contributed by atoms with Crippen LogP contribution in [0, 0.1) is 0 Å². The van der Waals surface area contributed by atoms with E-state index < -0.39 is 37.8 Å². The SMILES string of the molecule is CC(=O)O.CCOP(C)(=O)OCC.C[Si](C)(C)OP(C)(=O)O[Si](C)(C)C. The van der Waals surface area contributed by atoms with Gasteiger partial charge in [-0.15, -0.1) is 0 Å². The van der Waals surface area contributed by atoms with Gasteiger partial charge in [-0.05, 0) is 53.1 Å². The van der Waals surface area contributed by atoms with Gasteiger partial charge >= 0.3 is 15.2 Å². The smallest absolute Gasteiger partial charge is 0.327 e. The highest BCUT2D eigenvalue weighted by Gasteiger charge is 2.32. The molecule has 0 saturated heterocycles. The third-order valence-corrected chi connectivity index (χ3v) is 10.1. The summed E-state index contributed by atoms with van der Waals surface area (Å²) in [6.07, 6.45) is 0. The Labute approximate surface area is 161 Å².